The zero-order valence-corrected chi connectivity index (χ0v) is 14.7. The number of fused-ring (bicyclic) bond motifs is 1. The molecule has 0 bridgehead atoms. The molecule has 0 atom stereocenters. The molecule has 0 aliphatic carbocycles. The minimum Gasteiger partial charge on any atom is -0.453 e. The maximum Gasteiger partial charge on any atom is 0.193 e. The van der Waals surface area contributed by atoms with Crippen LogP contribution in [-0.4, -0.2) is 0 Å². The van der Waals surface area contributed by atoms with Gasteiger partial charge in [-0.3, -0.25) is 4.79 Å². The standard InChI is InChI=1S/C20H12Cl2O3/c1-11-2-5-18-14(8-11)16(23)10-20(25-18)19-7-6-17(24-19)13-9-12(21)3-4-15(13)22/h2-10H,1H3. The lowest BCUT2D eigenvalue weighted by molar-refractivity contribution is 0.546. The van der Waals surface area contributed by atoms with E-state index >= 15 is 0 Å². The molecule has 4 aromatic rings. The lowest BCUT2D eigenvalue weighted by atomic mass is 10.1. The second kappa shape index (κ2) is 6.10. The molecule has 0 fully saturated rings. The Morgan fingerprint density at radius 3 is 2.44 bits per heavy atom. The van der Waals surface area contributed by atoms with Gasteiger partial charge in [0.15, 0.2) is 16.9 Å². The van der Waals surface area contributed by atoms with Crippen molar-refractivity contribution in [2.45, 2.75) is 6.92 Å². The zero-order chi connectivity index (χ0) is 17.6. The lowest BCUT2D eigenvalue weighted by Gasteiger charge is -2.03. The summed E-state index contributed by atoms with van der Waals surface area (Å²) in [5.41, 5.74) is 2.09. The van der Waals surface area contributed by atoms with E-state index in [1.807, 2.05) is 19.1 Å². The predicted octanol–water partition coefficient (Wildman–Crippen LogP) is 6.34. The molecule has 0 saturated heterocycles. The average molecular weight is 371 g/mol. The van der Waals surface area contributed by atoms with Gasteiger partial charge in [-0.2, -0.15) is 0 Å². The van der Waals surface area contributed by atoms with Crippen molar-refractivity contribution in [2.24, 2.45) is 0 Å². The topological polar surface area (TPSA) is 43.4 Å². The van der Waals surface area contributed by atoms with Crippen LogP contribution >= 0.6 is 23.2 Å². The first kappa shape index (κ1) is 16.0. The summed E-state index contributed by atoms with van der Waals surface area (Å²) < 4.78 is 11.7. The Morgan fingerprint density at radius 1 is 0.800 bits per heavy atom. The molecule has 124 valence electrons. The zero-order valence-electron chi connectivity index (χ0n) is 13.2. The third-order valence-corrected chi connectivity index (χ3v) is 4.49. The molecule has 0 aliphatic rings. The summed E-state index contributed by atoms with van der Waals surface area (Å²) in [5, 5.41) is 1.64. The van der Waals surface area contributed by atoms with Crippen molar-refractivity contribution in [3.63, 3.8) is 0 Å². The molecule has 2 aromatic carbocycles. The van der Waals surface area contributed by atoms with E-state index in [4.69, 9.17) is 32.0 Å². The fraction of sp³-hybridized carbons (Fsp3) is 0.0500. The fourth-order valence-electron chi connectivity index (χ4n) is 2.69. The Labute approximate surface area is 153 Å². The molecule has 0 N–H and O–H groups in total. The molecule has 0 unspecified atom stereocenters. The second-order valence-corrected chi connectivity index (χ2v) is 6.61. The van der Waals surface area contributed by atoms with Crippen molar-refractivity contribution in [1.29, 1.82) is 0 Å². The molecule has 0 amide bonds. The highest BCUT2D eigenvalue weighted by molar-refractivity contribution is 6.35. The van der Waals surface area contributed by atoms with Gasteiger partial charge < -0.3 is 8.83 Å². The minimum atomic E-state index is -0.112. The van der Waals surface area contributed by atoms with E-state index in [0.717, 1.165) is 5.56 Å². The SMILES string of the molecule is Cc1ccc2oc(-c3ccc(-c4cc(Cl)ccc4Cl)o3)cc(=O)c2c1. The summed E-state index contributed by atoms with van der Waals surface area (Å²) in [6.45, 7) is 1.93. The van der Waals surface area contributed by atoms with E-state index in [9.17, 15) is 4.79 Å². The van der Waals surface area contributed by atoms with Gasteiger partial charge in [-0.15, -0.1) is 0 Å². The molecule has 3 nitrogen and oxygen atoms in total. The maximum atomic E-state index is 12.4. The third kappa shape index (κ3) is 2.97. The summed E-state index contributed by atoms with van der Waals surface area (Å²) in [6.07, 6.45) is 0. The first-order chi connectivity index (χ1) is 12.0. The van der Waals surface area contributed by atoms with Gasteiger partial charge in [0.25, 0.3) is 0 Å². The van der Waals surface area contributed by atoms with Crippen molar-refractivity contribution in [3.05, 3.63) is 80.4 Å². The Morgan fingerprint density at radius 2 is 1.60 bits per heavy atom. The molecule has 2 aromatic heterocycles. The number of halogens is 2. The van der Waals surface area contributed by atoms with Crippen molar-refractivity contribution in [1.82, 2.24) is 0 Å². The number of aryl methyl sites for hydroxylation is 1. The molecule has 5 heteroatoms. The molecular weight excluding hydrogens is 359 g/mol. The highest BCUT2D eigenvalue weighted by Crippen LogP contribution is 2.34. The van der Waals surface area contributed by atoms with Crippen molar-refractivity contribution in [3.8, 4) is 22.8 Å². The average Bonchev–Trinajstić information content (AvgIpc) is 3.07. The Balaban J connectivity index is 1.83. The van der Waals surface area contributed by atoms with Crippen molar-refractivity contribution < 1.29 is 8.83 Å². The van der Waals surface area contributed by atoms with Crippen LogP contribution in [0.3, 0.4) is 0 Å². The third-order valence-electron chi connectivity index (χ3n) is 3.93. The van der Waals surface area contributed by atoms with E-state index in [2.05, 4.69) is 0 Å². The van der Waals surface area contributed by atoms with Gasteiger partial charge in [0.2, 0.25) is 0 Å². The first-order valence-corrected chi connectivity index (χ1v) is 8.37. The van der Waals surface area contributed by atoms with Gasteiger partial charge in [-0.05, 0) is 49.4 Å². The summed E-state index contributed by atoms with van der Waals surface area (Å²) in [5.74, 6) is 1.37. The smallest absolute Gasteiger partial charge is 0.193 e. The molecule has 2 heterocycles. The summed E-state index contributed by atoms with van der Waals surface area (Å²) >= 11 is 12.2. The highest BCUT2D eigenvalue weighted by atomic mass is 35.5. The monoisotopic (exact) mass is 370 g/mol. The van der Waals surface area contributed by atoms with Gasteiger partial charge in [0.05, 0.1) is 10.4 Å². The van der Waals surface area contributed by atoms with Gasteiger partial charge in [0, 0.05) is 16.7 Å². The fourth-order valence-corrected chi connectivity index (χ4v) is 3.08. The van der Waals surface area contributed by atoms with Crippen LogP contribution in [0.1, 0.15) is 5.56 Å². The molecule has 4 rings (SSSR count). The number of hydrogen-bond acceptors (Lipinski definition) is 3. The summed E-state index contributed by atoms with van der Waals surface area (Å²) in [7, 11) is 0. The van der Waals surface area contributed by atoms with Crippen LogP contribution in [0, 0.1) is 6.92 Å². The number of furan rings is 1. The summed E-state index contributed by atoms with van der Waals surface area (Å²) in [4.78, 5) is 12.4. The first-order valence-electron chi connectivity index (χ1n) is 7.61. The molecule has 0 saturated carbocycles. The van der Waals surface area contributed by atoms with Crippen LogP contribution in [0.15, 0.2) is 68.2 Å². The molecular formula is C20H12Cl2O3. The van der Waals surface area contributed by atoms with Crippen LogP contribution in [0.2, 0.25) is 10.0 Å². The quantitative estimate of drug-likeness (QED) is 0.413. The van der Waals surface area contributed by atoms with Crippen LogP contribution in [0.5, 0.6) is 0 Å². The Bertz CT molecular complexity index is 1160. The Hall–Kier alpha value is -2.49. The Kier molecular flexibility index (Phi) is 3.91. The lowest BCUT2D eigenvalue weighted by Crippen LogP contribution is -2.00. The van der Waals surface area contributed by atoms with Crippen LogP contribution in [0.4, 0.5) is 0 Å². The molecule has 0 spiro atoms. The van der Waals surface area contributed by atoms with E-state index in [0.29, 0.717) is 43.9 Å². The van der Waals surface area contributed by atoms with Crippen molar-refractivity contribution >= 4 is 34.2 Å². The number of benzene rings is 2. The highest BCUT2D eigenvalue weighted by Gasteiger charge is 2.14. The van der Waals surface area contributed by atoms with Gasteiger partial charge in [-0.1, -0.05) is 34.8 Å². The van der Waals surface area contributed by atoms with E-state index in [1.54, 1.807) is 36.4 Å². The summed E-state index contributed by atoms with van der Waals surface area (Å²) in [6, 6.07) is 15.6. The normalized spacial score (nSPS) is 11.2. The van der Waals surface area contributed by atoms with Crippen LogP contribution in [0.25, 0.3) is 33.8 Å². The number of hydrogen-bond donors (Lipinski definition) is 0. The second-order valence-electron chi connectivity index (χ2n) is 5.76. The minimum absolute atomic E-state index is 0.112. The van der Waals surface area contributed by atoms with E-state index in [1.165, 1.54) is 6.07 Å². The largest absolute Gasteiger partial charge is 0.453 e. The van der Waals surface area contributed by atoms with Crippen LogP contribution < -0.4 is 5.43 Å². The van der Waals surface area contributed by atoms with Crippen molar-refractivity contribution in [2.75, 3.05) is 0 Å². The van der Waals surface area contributed by atoms with E-state index in [-0.39, 0.29) is 5.43 Å². The molecule has 0 radical (unpaired) electrons. The molecule has 0 aliphatic heterocycles. The van der Waals surface area contributed by atoms with Crippen LogP contribution in [-0.2, 0) is 0 Å². The molecule has 25 heavy (non-hydrogen) atoms. The van der Waals surface area contributed by atoms with Gasteiger partial charge in [0.1, 0.15) is 11.3 Å². The number of rotatable bonds is 2. The predicted molar refractivity (Wildman–Crippen MR) is 100 cm³/mol. The van der Waals surface area contributed by atoms with E-state index < -0.39 is 0 Å². The van der Waals surface area contributed by atoms with Gasteiger partial charge in [-0.25, -0.2) is 0 Å². The maximum absolute atomic E-state index is 12.4. The van der Waals surface area contributed by atoms with Gasteiger partial charge >= 0.3 is 0 Å².